The number of hydrogen-bond acceptors (Lipinski definition) is 4. The van der Waals surface area contributed by atoms with Gasteiger partial charge in [0.15, 0.2) is 0 Å². The molecule has 0 saturated carbocycles. The number of nitrogens with two attached hydrogens (primary N) is 1. The molecule has 0 fully saturated rings. The lowest BCUT2D eigenvalue weighted by Crippen LogP contribution is -2.46. The Balaban J connectivity index is 4.69. The van der Waals surface area contributed by atoms with E-state index < -0.39 is 27.5 Å². The van der Waals surface area contributed by atoms with Gasteiger partial charge in [-0.15, -0.1) is 0 Å². The number of aliphatic hydroxyl groups excluding tert-OH is 1. The van der Waals surface area contributed by atoms with Gasteiger partial charge in [0.1, 0.15) is 5.25 Å². The lowest BCUT2D eigenvalue weighted by molar-refractivity contribution is 0.172. The van der Waals surface area contributed by atoms with Crippen LogP contribution in [0.3, 0.4) is 0 Å². The highest BCUT2D eigenvalue weighted by atomic mass is 32.2. The maximum atomic E-state index is 10.7. The van der Waals surface area contributed by atoms with Crippen molar-refractivity contribution >= 4 is 10.1 Å². The van der Waals surface area contributed by atoms with Crippen LogP contribution in [-0.4, -0.2) is 35.5 Å². The molecule has 0 radical (unpaired) electrons. The van der Waals surface area contributed by atoms with E-state index in [2.05, 4.69) is 0 Å². The van der Waals surface area contributed by atoms with Crippen molar-refractivity contribution in [1.29, 1.82) is 0 Å². The average molecular weight is 197 g/mol. The Morgan fingerprint density at radius 1 is 1.50 bits per heavy atom. The lowest BCUT2D eigenvalue weighted by atomic mass is 10.1. The molecule has 0 saturated heterocycles. The third-order valence-corrected chi connectivity index (χ3v) is 3.14. The highest BCUT2D eigenvalue weighted by molar-refractivity contribution is 7.86. The van der Waals surface area contributed by atoms with Crippen molar-refractivity contribution in [2.24, 2.45) is 5.73 Å². The minimum Gasteiger partial charge on any atom is -0.392 e. The first-order valence-electron chi connectivity index (χ1n) is 3.70. The van der Waals surface area contributed by atoms with Gasteiger partial charge < -0.3 is 10.8 Å². The smallest absolute Gasteiger partial charge is 0.271 e. The zero-order chi connectivity index (χ0) is 9.94. The summed E-state index contributed by atoms with van der Waals surface area (Å²) in [6, 6.07) is -0.736. The molecule has 6 heteroatoms. The topological polar surface area (TPSA) is 101 Å². The molecule has 0 aliphatic rings. The molecule has 0 aromatic carbocycles. The van der Waals surface area contributed by atoms with Crippen molar-refractivity contribution in [3.8, 4) is 0 Å². The van der Waals surface area contributed by atoms with E-state index in [0.717, 1.165) is 0 Å². The van der Waals surface area contributed by atoms with Crippen LogP contribution in [-0.2, 0) is 10.1 Å². The van der Waals surface area contributed by atoms with Crippen molar-refractivity contribution < 1.29 is 18.1 Å². The fourth-order valence-electron chi connectivity index (χ4n) is 1.06. The molecule has 3 unspecified atom stereocenters. The fourth-order valence-corrected chi connectivity index (χ4v) is 2.19. The Morgan fingerprint density at radius 2 is 1.92 bits per heavy atom. The van der Waals surface area contributed by atoms with Crippen LogP contribution < -0.4 is 5.73 Å². The van der Waals surface area contributed by atoms with Gasteiger partial charge >= 0.3 is 0 Å². The highest BCUT2D eigenvalue weighted by Crippen LogP contribution is 2.10. The highest BCUT2D eigenvalue weighted by Gasteiger charge is 2.32. The minimum atomic E-state index is -4.25. The van der Waals surface area contributed by atoms with Crippen molar-refractivity contribution in [2.45, 2.75) is 37.7 Å². The molecular formula is C6H15NO4S. The van der Waals surface area contributed by atoms with Crippen molar-refractivity contribution in [3.05, 3.63) is 0 Å². The van der Waals surface area contributed by atoms with E-state index in [1.165, 1.54) is 6.92 Å². The van der Waals surface area contributed by atoms with Gasteiger partial charge in [-0.05, 0) is 13.3 Å². The molecule has 0 amide bonds. The molecule has 0 spiro atoms. The summed E-state index contributed by atoms with van der Waals surface area (Å²) in [4.78, 5) is 0. The summed E-state index contributed by atoms with van der Waals surface area (Å²) in [5, 5.41) is 7.74. The Kier molecular flexibility index (Phi) is 4.12. The molecule has 5 nitrogen and oxygen atoms in total. The number of aliphatic hydroxyl groups is 1. The van der Waals surface area contributed by atoms with Crippen molar-refractivity contribution in [2.75, 3.05) is 0 Å². The summed E-state index contributed by atoms with van der Waals surface area (Å²) in [5.74, 6) is 0. The maximum absolute atomic E-state index is 10.7. The van der Waals surface area contributed by atoms with Crippen LogP contribution in [0.25, 0.3) is 0 Å². The van der Waals surface area contributed by atoms with Crippen LogP contribution in [0.5, 0.6) is 0 Å². The first kappa shape index (κ1) is 11.8. The number of rotatable bonds is 4. The first-order valence-corrected chi connectivity index (χ1v) is 5.21. The molecule has 12 heavy (non-hydrogen) atoms. The largest absolute Gasteiger partial charge is 0.392 e. The summed E-state index contributed by atoms with van der Waals surface area (Å²) in [7, 11) is -4.25. The van der Waals surface area contributed by atoms with Gasteiger partial charge in [0.25, 0.3) is 10.1 Å². The summed E-state index contributed by atoms with van der Waals surface area (Å²) in [6.07, 6.45) is -0.773. The summed E-state index contributed by atoms with van der Waals surface area (Å²) in [6.45, 7) is 2.97. The Morgan fingerprint density at radius 3 is 2.00 bits per heavy atom. The first-order chi connectivity index (χ1) is 5.30. The average Bonchev–Trinajstić information content (AvgIpc) is 1.83. The number of hydrogen-bond donors (Lipinski definition) is 3. The summed E-state index contributed by atoms with van der Waals surface area (Å²) >= 11 is 0. The van der Waals surface area contributed by atoms with Crippen LogP contribution in [0.15, 0.2) is 0 Å². The molecule has 3 atom stereocenters. The molecule has 0 bridgehead atoms. The zero-order valence-corrected chi connectivity index (χ0v) is 7.95. The molecule has 74 valence electrons. The van der Waals surface area contributed by atoms with E-state index in [1.54, 1.807) is 6.92 Å². The lowest BCUT2D eigenvalue weighted by Gasteiger charge is -2.22. The Bertz CT molecular complexity index is 224. The van der Waals surface area contributed by atoms with E-state index in [0.29, 0.717) is 6.42 Å². The van der Waals surface area contributed by atoms with E-state index in [1.807, 2.05) is 0 Å². The Labute approximate surface area is 72.3 Å². The predicted octanol–water partition coefficient (Wildman–Crippen LogP) is -0.639. The fraction of sp³-hybridized carbons (Fsp3) is 1.00. The zero-order valence-electron chi connectivity index (χ0n) is 7.14. The molecule has 0 heterocycles. The predicted molar refractivity (Wildman–Crippen MR) is 45.3 cm³/mol. The van der Waals surface area contributed by atoms with Crippen LogP contribution in [0.4, 0.5) is 0 Å². The van der Waals surface area contributed by atoms with E-state index >= 15 is 0 Å². The van der Waals surface area contributed by atoms with Gasteiger partial charge in [-0.2, -0.15) is 8.42 Å². The van der Waals surface area contributed by atoms with Crippen molar-refractivity contribution in [3.63, 3.8) is 0 Å². The van der Waals surface area contributed by atoms with Crippen LogP contribution >= 0.6 is 0 Å². The van der Waals surface area contributed by atoms with Crippen molar-refractivity contribution in [1.82, 2.24) is 0 Å². The molecule has 0 rings (SSSR count). The monoisotopic (exact) mass is 197 g/mol. The standard InChI is InChI=1S/C6H15NO4S/c1-3-5(7)6(4(2)8)12(9,10)11/h4-6,8H,3,7H2,1-2H3,(H,9,10,11). The molecule has 0 aromatic heterocycles. The molecule has 0 aliphatic carbocycles. The molecule has 0 aromatic rings. The van der Waals surface area contributed by atoms with E-state index in [-0.39, 0.29) is 0 Å². The second-order valence-corrected chi connectivity index (χ2v) is 4.37. The van der Waals surface area contributed by atoms with Crippen LogP contribution in [0, 0.1) is 0 Å². The third kappa shape index (κ3) is 3.06. The van der Waals surface area contributed by atoms with Gasteiger partial charge in [0.2, 0.25) is 0 Å². The van der Waals surface area contributed by atoms with E-state index in [9.17, 15) is 8.42 Å². The molecule has 4 N–H and O–H groups in total. The van der Waals surface area contributed by atoms with E-state index in [4.69, 9.17) is 15.4 Å². The minimum absolute atomic E-state index is 0.384. The summed E-state index contributed by atoms with van der Waals surface area (Å²) < 4.78 is 30.1. The third-order valence-electron chi connectivity index (χ3n) is 1.71. The second kappa shape index (κ2) is 4.18. The van der Waals surface area contributed by atoms with Gasteiger partial charge in [-0.3, -0.25) is 4.55 Å². The normalized spacial score (nSPS) is 20.1. The maximum Gasteiger partial charge on any atom is 0.271 e. The van der Waals surface area contributed by atoms with Gasteiger partial charge in [0, 0.05) is 6.04 Å². The van der Waals surface area contributed by atoms with Crippen LogP contribution in [0.2, 0.25) is 0 Å². The second-order valence-electron chi connectivity index (χ2n) is 2.79. The Hall–Kier alpha value is -0.170. The summed E-state index contributed by atoms with van der Waals surface area (Å²) in [5.41, 5.74) is 5.41. The van der Waals surface area contributed by atoms with Gasteiger partial charge in [-0.1, -0.05) is 6.92 Å². The quantitative estimate of drug-likeness (QED) is 0.520. The van der Waals surface area contributed by atoms with Gasteiger partial charge in [0.05, 0.1) is 6.10 Å². The van der Waals surface area contributed by atoms with Gasteiger partial charge in [-0.25, -0.2) is 0 Å². The SMILES string of the molecule is CCC(N)C(C(C)O)S(=O)(=O)O. The molecule has 0 aliphatic heterocycles. The molecular weight excluding hydrogens is 182 g/mol. The van der Waals surface area contributed by atoms with Crippen LogP contribution in [0.1, 0.15) is 20.3 Å².